The molecule has 3 heteroatoms. The Morgan fingerprint density at radius 3 is 2.80 bits per heavy atom. The zero-order chi connectivity index (χ0) is 10.7. The number of hydrogen-bond donors (Lipinski definition) is 1. The van der Waals surface area contributed by atoms with E-state index in [1.165, 1.54) is 43.4 Å². The lowest BCUT2D eigenvalue weighted by Crippen LogP contribution is -2.11. The van der Waals surface area contributed by atoms with E-state index < -0.39 is 0 Å². The van der Waals surface area contributed by atoms with Crippen molar-refractivity contribution in [1.29, 1.82) is 0 Å². The summed E-state index contributed by atoms with van der Waals surface area (Å²) >= 11 is 0. The molecule has 0 saturated heterocycles. The molecule has 84 valence electrons. The lowest BCUT2D eigenvalue weighted by atomic mass is 9.84. The molecular weight excluding hydrogens is 186 g/mol. The highest BCUT2D eigenvalue weighted by atomic mass is 15.3. The Kier molecular flexibility index (Phi) is 3.41. The second-order valence-electron chi connectivity index (χ2n) is 4.57. The molecule has 1 aromatic rings. The minimum Gasteiger partial charge on any atom is -0.314 e. The van der Waals surface area contributed by atoms with E-state index in [0.29, 0.717) is 0 Å². The third kappa shape index (κ3) is 2.40. The topological polar surface area (TPSA) is 29.9 Å². The second kappa shape index (κ2) is 4.79. The Labute approximate surface area is 91.9 Å². The summed E-state index contributed by atoms with van der Waals surface area (Å²) in [4.78, 5) is 0. The normalized spacial score (nSPS) is 18.3. The molecule has 1 fully saturated rings. The molecule has 0 bridgehead atoms. The lowest BCUT2D eigenvalue weighted by molar-refractivity contribution is 0.441. The van der Waals surface area contributed by atoms with Gasteiger partial charge in [-0.25, -0.2) is 0 Å². The first-order valence-electron chi connectivity index (χ1n) is 5.98. The molecule has 1 N–H and O–H groups in total. The minimum atomic E-state index is 0.760. The van der Waals surface area contributed by atoms with E-state index >= 15 is 0 Å². The maximum Gasteiger partial charge on any atom is 0.0796 e. The van der Waals surface area contributed by atoms with E-state index in [0.717, 1.165) is 12.5 Å². The first kappa shape index (κ1) is 10.7. The van der Waals surface area contributed by atoms with E-state index in [-0.39, 0.29) is 0 Å². The summed E-state index contributed by atoms with van der Waals surface area (Å²) < 4.78 is 1.95. The van der Waals surface area contributed by atoms with Crippen molar-refractivity contribution in [3.63, 3.8) is 0 Å². The summed E-state index contributed by atoms with van der Waals surface area (Å²) in [7, 11) is 4.00. The molecule has 0 aromatic carbocycles. The molecule has 1 heterocycles. The standard InChI is InChI=1S/C12H21N3/c1-13-8-12-11(9-15(2)14-12)10-6-4-3-5-7-10/h9-10,13H,3-8H2,1-2H3. The van der Waals surface area contributed by atoms with Crippen LogP contribution in [0.5, 0.6) is 0 Å². The highest BCUT2D eigenvalue weighted by molar-refractivity contribution is 5.22. The zero-order valence-electron chi connectivity index (χ0n) is 9.79. The number of nitrogens with one attached hydrogen (secondary N) is 1. The third-order valence-electron chi connectivity index (χ3n) is 3.33. The van der Waals surface area contributed by atoms with Crippen molar-refractivity contribution in [3.8, 4) is 0 Å². The number of hydrogen-bond acceptors (Lipinski definition) is 2. The van der Waals surface area contributed by atoms with Gasteiger partial charge in [0, 0.05) is 19.8 Å². The SMILES string of the molecule is CNCc1nn(C)cc1C1CCCCC1. The number of aryl methyl sites for hydroxylation is 1. The molecule has 0 spiro atoms. The van der Waals surface area contributed by atoms with Gasteiger partial charge in [-0.15, -0.1) is 0 Å². The smallest absolute Gasteiger partial charge is 0.0796 e. The highest BCUT2D eigenvalue weighted by Gasteiger charge is 2.20. The Balaban J connectivity index is 2.17. The van der Waals surface area contributed by atoms with E-state index in [2.05, 4.69) is 16.6 Å². The van der Waals surface area contributed by atoms with Crippen molar-refractivity contribution in [2.24, 2.45) is 7.05 Å². The van der Waals surface area contributed by atoms with Gasteiger partial charge < -0.3 is 5.32 Å². The molecule has 0 aliphatic heterocycles. The van der Waals surface area contributed by atoms with Gasteiger partial charge in [0.2, 0.25) is 0 Å². The van der Waals surface area contributed by atoms with Crippen molar-refractivity contribution >= 4 is 0 Å². The van der Waals surface area contributed by atoms with Crippen molar-refractivity contribution in [2.75, 3.05) is 7.05 Å². The van der Waals surface area contributed by atoms with Crippen molar-refractivity contribution in [2.45, 2.75) is 44.6 Å². The average Bonchev–Trinajstić information content (AvgIpc) is 2.62. The maximum atomic E-state index is 4.53. The molecule has 0 unspecified atom stereocenters. The second-order valence-corrected chi connectivity index (χ2v) is 4.57. The van der Waals surface area contributed by atoms with E-state index in [9.17, 15) is 0 Å². The van der Waals surface area contributed by atoms with Crippen molar-refractivity contribution in [3.05, 3.63) is 17.5 Å². The van der Waals surface area contributed by atoms with Crippen LogP contribution in [-0.2, 0) is 13.6 Å². The minimum absolute atomic E-state index is 0.760. The number of rotatable bonds is 3. The van der Waals surface area contributed by atoms with Crippen LogP contribution in [0.4, 0.5) is 0 Å². The molecule has 0 atom stereocenters. The van der Waals surface area contributed by atoms with Crippen LogP contribution in [0.1, 0.15) is 49.3 Å². The predicted octanol–water partition coefficient (Wildman–Crippen LogP) is 2.19. The van der Waals surface area contributed by atoms with Gasteiger partial charge in [-0.1, -0.05) is 19.3 Å². The fraction of sp³-hybridized carbons (Fsp3) is 0.750. The number of nitrogens with zero attached hydrogens (tertiary/aromatic N) is 2. The molecule has 1 aliphatic rings. The van der Waals surface area contributed by atoms with Gasteiger partial charge in [0.15, 0.2) is 0 Å². The molecular formula is C12H21N3. The molecule has 3 nitrogen and oxygen atoms in total. The quantitative estimate of drug-likeness (QED) is 0.823. The van der Waals surface area contributed by atoms with E-state index in [1.807, 2.05) is 18.8 Å². The van der Waals surface area contributed by atoms with Crippen LogP contribution >= 0.6 is 0 Å². The summed E-state index contributed by atoms with van der Waals surface area (Å²) in [6.07, 6.45) is 9.10. The molecule has 1 aliphatic carbocycles. The van der Waals surface area contributed by atoms with E-state index in [1.54, 1.807) is 0 Å². The third-order valence-corrected chi connectivity index (χ3v) is 3.33. The Hall–Kier alpha value is -0.830. The summed E-state index contributed by atoms with van der Waals surface area (Å²) in [5.74, 6) is 0.760. The highest BCUT2D eigenvalue weighted by Crippen LogP contribution is 2.33. The summed E-state index contributed by atoms with van der Waals surface area (Å²) in [6.45, 7) is 0.896. The van der Waals surface area contributed by atoms with Gasteiger partial charge in [0.1, 0.15) is 0 Å². The summed E-state index contributed by atoms with van der Waals surface area (Å²) in [5.41, 5.74) is 2.72. The van der Waals surface area contributed by atoms with Crippen LogP contribution in [0.15, 0.2) is 6.20 Å². The average molecular weight is 207 g/mol. The monoisotopic (exact) mass is 207 g/mol. The maximum absolute atomic E-state index is 4.53. The fourth-order valence-electron chi connectivity index (χ4n) is 2.61. The molecule has 15 heavy (non-hydrogen) atoms. The van der Waals surface area contributed by atoms with Gasteiger partial charge in [0.05, 0.1) is 5.69 Å². The molecule has 1 saturated carbocycles. The van der Waals surface area contributed by atoms with Crippen LogP contribution in [0.25, 0.3) is 0 Å². The molecule has 2 rings (SSSR count). The van der Waals surface area contributed by atoms with Crippen molar-refractivity contribution in [1.82, 2.24) is 15.1 Å². The van der Waals surface area contributed by atoms with Gasteiger partial charge in [0.25, 0.3) is 0 Å². The molecule has 0 radical (unpaired) electrons. The predicted molar refractivity (Wildman–Crippen MR) is 61.8 cm³/mol. The van der Waals surface area contributed by atoms with Gasteiger partial charge in [-0.05, 0) is 31.4 Å². The first-order valence-corrected chi connectivity index (χ1v) is 5.98. The Bertz CT molecular complexity index is 311. The van der Waals surface area contributed by atoms with Crippen LogP contribution in [0.2, 0.25) is 0 Å². The molecule has 1 aromatic heterocycles. The summed E-state index contributed by atoms with van der Waals surface area (Å²) in [5, 5.41) is 7.73. The fourth-order valence-corrected chi connectivity index (χ4v) is 2.61. The van der Waals surface area contributed by atoms with Gasteiger partial charge >= 0.3 is 0 Å². The van der Waals surface area contributed by atoms with Crippen LogP contribution < -0.4 is 5.32 Å². The molecule has 0 amide bonds. The summed E-state index contributed by atoms with van der Waals surface area (Å²) in [6, 6.07) is 0. The van der Waals surface area contributed by atoms with Crippen molar-refractivity contribution < 1.29 is 0 Å². The first-order chi connectivity index (χ1) is 7.31. The van der Waals surface area contributed by atoms with Crippen LogP contribution in [0.3, 0.4) is 0 Å². The van der Waals surface area contributed by atoms with Gasteiger partial charge in [-0.3, -0.25) is 4.68 Å². The van der Waals surface area contributed by atoms with Gasteiger partial charge in [-0.2, -0.15) is 5.10 Å². The lowest BCUT2D eigenvalue weighted by Gasteiger charge is -2.21. The Morgan fingerprint density at radius 1 is 1.40 bits per heavy atom. The largest absolute Gasteiger partial charge is 0.314 e. The van der Waals surface area contributed by atoms with E-state index in [4.69, 9.17) is 0 Å². The Morgan fingerprint density at radius 2 is 2.13 bits per heavy atom. The van der Waals surface area contributed by atoms with Crippen LogP contribution in [0, 0.1) is 0 Å². The zero-order valence-corrected chi connectivity index (χ0v) is 9.79. The number of aromatic nitrogens is 2. The van der Waals surface area contributed by atoms with Crippen LogP contribution in [-0.4, -0.2) is 16.8 Å².